The molecule has 1 aromatic heterocycles. The minimum Gasteiger partial charge on any atom is -0.497 e. The molecule has 0 saturated heterocycles. The lowest BCUT2D eigenvalue weighted by Crippen LogP contribution is -2.24. The zero-order valence-electron chi connectivity index (χ0n) is 15.2. The van der Waals surface area contributed by atoms with E-state index in [1.165, 1.54) is 0 Å². The van der Waals surface area contributed by atoms with Crippen LogP contribution in [0.1, 0.15) is 0 Å². The average molecular weight is 408 g/mol. The summed E-state index contributed by atoms with van der Waals surface area (Å²) in [5, 5.41) is 7.17. The van der Waals surface area contributed by atoms with Gasteiger partial charge in [0, 0.05) is 12.6 Å². The van der Waals surface area contributed by atoms with Crippen molar-refractivity contribution in [3.05, 3.63) is 54.9 Å². The number of hydrogen-bond donors (Lipinski definition) is 2. The molecule has 0 fully saturated rings. The number of thiocarbonyl (C=S) groups is 1. The van der Waals surface area contributed by atoms with E-state index in [0.29, 0.717) is 5.11 Å². The first-order valence-electron chi connectivity index (χ1n) is 7.75. The molecule has 0 aliphatic rings. The first kappa shape index (κ1) is 22.2. The molecule has 0 aliphatic carbocycles. The van der Waals surface area contributed by atoms with Gasteiger partial charge in [-0.1, -0.05) is 0 Å². The summed E-state index contributed by atoms with van der Waals surface area (Å²) in [7, 11) is 4.98. The smallest absolute Gasteiger partial charge is 0.163 e. The summed E-state index contributed by atoms with van der Waals surface area (Å²) < 4.78 is 12.1. The first-order chi connectivity index (χ1) is 12.6. The van der Waals surface area contributed by atoms with Crippen molar-refractivity contribution in [3.63, 3.8) is 0 Å². The summed E-state index contributed by atoms with van der Waals surface area (Å²) in [5.41, 5.74) is 6.82. The summed E-state index contributed by atoms with van der Waals surface area (Å²) in [6.45, 7) is 0. The Balaban J connectivity index is 0.000000542. The maximum absolute atomic E-state index is 5.17. The first-order valence-corrected chi connectivity index (χ1v) is 8.16. The third-order valence-electron chi connectivity index (χ3n) is 3.46. The maximum Gasteiger partial charge on any atom is 0.163 e. The molecule has 0 unspecified atom stereocenters. The molecule has 0 spiro atoms. The van der Waals surface area contributed by atoms with Crippen LogP contribution >= 0.6 is 24.6 Å². The highest BCUT2D eigenvalue weighted by Gasteiger charge is 2.09. The van der Waals surface area contributed by atoms with Gasteiger partial charge in [-0.15, -0.1) is 12.4 Å². The Morgan fingerprint density at radius 1 is 1.00 bits per heavy atom. The van der Waals surface area contributed by atoms with E-state index in [9.17, 15) is 0 Å². The van der Waals surface area contributed by atoms with Gasteiger partial charge in [-0.25, -0.2) is 9.67 Å². The average Bonchev–Trinajstić information content (AvgIpc) is 3.18. The van der Waals surface area contributed by atoms with E-state index < -0.39 is 0 Å². The Kier molecular flexibility index (Phi) is 9.04. The van der Waals surface area contributed by atoms with Crippen molar-refractivity contribution in [1.82, 2.24) is 20.1 Å². The molecule has 144 valence electrons. The number of aromatic nitrogens is 3. The number of rotatable bonds is 4. The molecular formula is C18H22ClN5O2S. The second kappa shape index (κ2) is 11.0. The van der Waals surface area contributed by atoms with E-state index in [0.717, 1.165) is 28.6 Å². The van der Waals surface area contributed by atoms with Crippen LogP contribution in [0, 0.1) is 0 Å². The van der Waals surface area contributed by atoms with Gasteiger partial charge in [0.1, 0.15) is 17.8 Å². The van der Waals surface area contributed by atoms with E-state index in [4.69, 9.17) is 15.2 Å². The van der Waals surface area contributed by atoms with Gasteiger partial charge in [-0.2, -0.15) is 5.10 Å². The fourth-order valence-electron chi connectivity index (χ4n) is 2.09. The number of halogens is 1. The summed E-state index contributed by atoms with van der Waals surface area (Å²) in [5.74, 6) is 2.40. The fourth-order valence-corrected chi connectivity index (χ4v) is 2.09. The standard InChI is InChI=1S/C16H15N3O2.C2H6N2S.ClH/c1-20-14-7-3-12(4-8-14)16-17-11-18-19(16)13-5-9-15(21-2)10-6-13;1-4-2(3)5;/h3-11H,1-2H3;1H3,(H3,3,4,5);1H. The molecule has 9 heteroatoms. The SMILES string of the molecule is CNC(N)=S.COc1ccc(-c2ncnn2-c2ccc(OC)cc2)cc1.Cl. The highest BCUT2D eigenvalue weighted by atomic mass is 35.5. The lowest BCUT2D eigenvalue weighted by atomic mass is 10.2. The van der Waals surface area contributed by atoms with Crippen molar-refractivity contribution in [2.24, 2.45) is 5.73 Å². The molecule has 1 heterocycles. The van der Waals surface area contributed by atoms with Crippen molar-refractivity contribution < 1.29 is 9.47 Å². The van der Waals surface area contributed by atoms with Crippen LogP contribution in [0.4, 0.5) is 0 Å². The fraction of sp³-hybridized carbons (Fsp3) is 0.167. The van der Waals surface area contributed by atoms with Crippen molar-refractivity contribution in [2.45, 2.75) is 0 Å². The highest BCUT2D eigenvalue weighted by molar-refractivity contribution is 7.80. The molecule has 0 atom stereocenters. The van der Waals surface area contributed by atoms with E-state index in [1.807, 2.05) is 48.5 Å². The Labute approximate surface area is 169 Å². The number of nitrogens with two attached hydrogens (primary N) is 1. The maximum atomic E-state index is 5.17. The lowest BCUT2D eigenvalue weighted by Gasteiger charge is -2.07. The van der Waals surface area contributed by atoms with E-state index in [2.05, 4.69) is 27.6 Å². The number of nitrogens with zero attached hydrogens (tertiary/aromatic N) is 3. The van der Waals surface area contributed by atoms with Crippen LogP contribution < -0.4 is 20.5 Å². The molecule has 0 radical (unpaired) electrons. The molecular weight excluding hydrogens is 386 g/mol. The third-order valence-corrected chi connectivity index (χ3v) is 3.66. The van der Waals surface area contributed by atoms with Crippen molar-refractivity contribution in [2.75, 3.05) is 21.3 Å². The highest BCUT2D eigenvalue weighted by Crippen LogP contribution is 2.23. The van der Waals surface area contributed by atoms with Crippen LogP contribution in [0.3, 0.4) is 0 Å². The van der Waals surface area contributed by atoms with Gasteiger partial charge >= 0.3 is 0 Å². The van der Waals surface area contributed by atoms with E-state index in [1.54, 1.807) is 32.3 Å². The van der Waals surface area contributed by atoms with Crippen molar-refractivity contribution in [3.8, 4) is 28.6 Å². The van der Waals surface area contributed by atoms with E-state index >= 15 is 0 Å². The number of ether oxygens (including phenoxy) is 2. The second-order valence-corrected chi connectivity index (χ2v) is 5.48. The molecule has 0 amide bonds. The van der Waals surface area contributed by atoms with E-state index in [-0.39, 0.29) is 12.4 Å². The monoisotopic (exact) mass is 407 g/mol. The minimum atomic E-state index is 0. The zero-order valence-corrected chi connectivity index (χ0v) is 16.9. The van der Waals surface area contributed by atoms with Gasteiger partial charge in [0.25, 0.3) is 0 Å². The third kappa shape index (κ3) is 6.12. The molecule has 27 heavy (non-hydrogen) atoms. The van der Waals surface area contributed by atoms with Gasteiger partial charge in [0.15, 0.2) is 10.9 Å². The Bertz CT molecular complexity index is 776. The second-order valence-electron chi connectivity index (χ2n) is 5.04. The molecule has 0 bridgehead atoms. The number of nitrogens with one attached hydrogen (secondary N) is 1. The minimum absolute atomic E-state index is 0. The summed E-state index contributed by atoms with van der Waals surface area (Å²) >= 11 is 4.36. The van der Waals surface area contributed by atoms with Gasteiger partial charge in [0.05, 0.1) is 19.9 Å². The summed E-state index contributed by atoms with van der Waals surface area (Å²) in [6.07, 6.45) is 1.55. The normalized spacial score (nSPS) is 9.30. The quantitative estimate of drug-likeness (QED) is 0.643. The largest absolute Gasteiger partial charge is 0.497 e. The van der Waals surface area contributed by atoms with Gasteiger partial charge < -0.3 is 20.5 Å². The summed E-state index contributed by atoms with van der Waals surface area (Å²) in [6, 6.07) is 15.4. The van der Waals surface area contributed by atoms with Crippen LogP contribution in [-0.4, -0.2) is 41.1 Å². The molecule has 0 aliphatic heterocycles. The molecule has 2 aromatic carbocycles. The molecule has 0 saturated carbocycles. The lowest BCUT2D eigenvalue weighted by molar-refractivity contribution is 0.414. The van der Waals surface area contributed by atoms with Gasteiger partial charge in [0.2, 0.25) is 0 Å². The van der Waals surface area contributed by atoms with Crippen LogP contribution in [0.15, 0.2) is 54.9 Å². The zero-order chi connectivity index (χ0) is 18.9. The van der Waals surface area contributed by atoms with Crippen molar-refractivity contribution >= 4 is 29.7 Å². The topological polar surface area (TPSA) is 87.2 Å². The molecule has 3 aromatic rings. The Morgan fingerprint density at radius 2 is 1.48 bits per heavy atom. The predicted octanol–water partition coefficient (Wildman–Crippen LogP) is 2.82. The Hall–Kier alpha value is -2.84. The Morgan fingerprint density at radius 3 is 1.93 bits per heavy atom. The van der Waals surface area contributed by atoms with Crippen LogP contribution in [0.5, 0.6) is 11.5 Å². The van der Waals surface area contributed by atoms with Crippen LogP contribution in [0.25, 0.3) is 17.1 Å². The molecule has 7 nitrogen and oxygen atoms in total. The number of methoxy groups -OCH3 is 2. The number of benzene rings is 2. The molecule has 3 N–H and O–H groups in total. The van der Waals surface area contributed by atoms with Crippen LogP contribution in [0.2, 0.25) is 0 Å². The number of hydrogen-bond acceptors (Lipinski definition) is 5. The van der Waals surface area contributed by atoms with Crippen LogP contribution in [-0.2, 0) is 0 Å². The van der Waals surface area contributed by atoms with Gasteiger partial charge in [-0.05, 0) is 60.7 Å². The molecule has 3 rings (SSSR count). The summed E-state index contributed by atoms with van der Waals surface area (Å²) in [4.78, 5) is 4.34. The van der Waals surface area contributed by atoms with Crippen molar-refractivity contribution in [1.29, 1.82) is 0 Å². The predicted molar refractivity (Wildman–Crippen MR) is 113 cm³/mol. The van der Waals surface area contributed by atoms with Gasteiger partial charge in [-0.3, -0.25) is 0 Å².